The van der Waals surface area contributed by atoms with Crippen molar-refractivity contribution in [3.63, 3.8) is 0 Å². The molecule has 0 bridgehead atoms. The fourth-order valence-corrected chi connectivity index (χ4v) is 2.60. The maximum Gasteiger partial charge on any atom is 0.00339 e. The van der Waals surface area contributed by atoms with Gasteiger partial charge >= 0.3 is 0 Å². The Balaban J connectivity index is 3.44. The lowest BCUT2D eigenvalue weighted by atomic mass is 9.93. The summed E-state index contributed by atoms with van der Waals surface area (Å²) in [6.07, 6.45) is 12.8. The zero-order chi connectivity index (χ0) is 10.6. The molecule has 0 aromatic carbocycles. The van der Waals surface area contributed by atoms with Gasteiger partial charge < -0.3 is 0 Å². The fraction of sp³-hybridized carbons (Fsp3) is 1.00. The Bertz CT molecular complexity index is 91.4. The maximum absolute atomic E-state index is 3.57. The van der Waals surface area contributed by atoms with E-state index in [9.17, 15) is 0 Å². The Morgan fingerprint density at radius 3 is 1.64 bits per heavy atom. The average molecular weight is 263 g/mol. The SMILES string of the molecule is CCCCCC(CCBr)CCCCC. The van der Waals surface area contributed by atoms with Crippen molar-refractivity contribution >= 4 is 15.9 Å². The number of hydrogen-bond donors (Lipinski definition) is 0. The Hall–Kier alpha value is 0.480. The van der Waals surface area contributed by atoms with Crippen molar-refractivity contribution in [2.24, 2.45) is 5.92 Å². The minimum Gasteiger partial charge on any atom is -0.0928 e. The molecule has 0 amide bonds. The van der Waals surface area contributed by atoms with Gasteiger partial charge in [-0.15, -0.1) is 0 Å². The monoisotopic (exact) mass is 262 g/mol. The molecule has 0 saturated carbocycles. The number of alkyl halides is 1. The third-order valence-electron chi connectivity index (χ3n) is 2.95. The van der Waals surface area contributed by atoms with Crippen LogP contribution < -0.4 is 0 Å². The van der Waals surface area contributed by atoms with Crippen LogP contribution in [0.5, 0.6) is 0 Å². The summed E-state index contributed by atoms with van der Waals surface area (Å²) in [6, 6.07) is 0. The lowest BCUT2D eigenvalue weighted by molar-refractivity contribution is 0.403. The third-order valence-corrected chi connectivity index (χ3v) is 3.41. The first-order valence-electron chi connectivity index (χ1n) is 6.41. The van der Waals surface area contributed by atoms with Gasteiger partial charge in [-0.05, 0) is 12.3 Å². The smallest absolute Gasteiger partial charge is 0.00339 e. The highest BCUT2D eigenvalue weighted by Gasteiger charge is 2.06. The van der Waals surface area contributed by atoms with Crippen LogP contribution in [0, 0.1) is 5.92 Å². The van der Waals surface area contributed by atoms with Gasteiger partial charge in [-0.1, -0.05) is 81.1 Å². The Morgan fingerprint density at radius 2 is 1.29 bits per heavy atom. The molecule has 0 spiro atoms. The summed E-state index contributed by atoms with van der Waals surface area (Å²) in [5.74, 6) is 0.993. The molecule has 0 aliphatic carbocycles. The van der Waals surface area contributed by atoms with Crippen LogP contribution in [0.4, 0.5) is 0 Å². The number of rotatable bonds is 10. The van der Waals surface area contributed by atoms with Crippen molar-refractivity contribution in [1.82, 2.24) is 0 Å². The van der Waals surface area contributed by atoms with E-state index in [0.717, 1.165) is 5.92 Å². The molecular weight excluding hydrogens is 236 g/mol. The summed E-state index contributed by atoms with van der Waals surface area (Å²) in [5, 5.41) is 1.19. The average Bonchev–Trinajstić information content (AvgIpc) is 2.18. The van der Waals surface area contributed by atoms with Gasteiger partial charge in [0.25, 0.3) is 0 Å². The molecule has 0 unspecified atom stereocenters. The van der Waals surface area contributed by atoms with Gasteiger partial charge in [-0.3, -0.25) is 0 Å². The highest BCUT2D eigenvalue weighted by molar-refractivity contribution is 9.09. The van der Waals surface area contributed by atoms with Crippen LogP contribution >= 0.6 is 15.9 Å². The highest BCUT2D eigenvalue weighted by atomic mass is 79.9. The van der Waals surface area contributed by atoms with Gasteiger partial charge in [0.05, 0.1) is 0 Å². The molecule has 0 radical (unpaired) electrons. The van der Waals surface area contributed by atoms with Crippen molar-refractivity contribution in [2.45, 2.75) is 71.6 Å². The Labute approximate surface area is 99.0 Å². The van der Waals surface area contributed by atoms with Crippen LogP contribution in [-0.4, -0.2) is 5.33 Å². The predicted molar refractivity (Wildman–Crippen MR) is 70.2 cm³/mol. The minimum absolute atomic E-state index is 0.993. The summed E-state index contributed by atoms with van der Waals surface area (Å²) >= 11 is 3.57. The molecular formula is C13H27Br. The van der Waals surface area contributed by atoms with Crippen molar-refractivity contribution in [1.29, 1.82) is 0 Å². The summed E-state index contributed by atoms with van der Waals surface area (Å²) in [6.45, 7) is 4.58. The molecule has 0 aromatic rings. The lowest BCUT2D eigenvalue weighted by Crippen LogP contribution is -2.01. The first-order chi connectivity index (χ1) is 6.85. The van der Waals surface area contributed by atoms with E-state index in [1.165, 1.54) is 63.1 Å². The Morgan fingerprint density at radius 1 is 0.786 bits per heavy atom. The summed E-state index contributed by atoms with van der Waals surface area (Å²) in [4.78, 5) is 0. The van der Waals surface area contributed by atoms with Crippen molar-refractivity contribution < 1.29 is 0 Å². The van der Waals surface area contributed by atoms with Gasteiger partial charge in [0, 0.05) is 5.33 Å². The predicted octanol–water partition coefficient (Wildman–Crippen LogP) is 5.55. The second kappa shape index (κ2) is 11.6. The largest absolute Gasteiger partial charge is 0.0928 e. The van der Waals surface area contributed by atoms with Crippen LogP contribution in [0.3, 0.4) is 0 Å². The molecule has 14 heavy (non-hydrogen) atoms. The van der Waals surface area contributed by atoms with Gasteiger partial charge in [0.2, 0.25) is 0 Å². The molecule has 0 nitrogen and oxygen atoms in total. The van der Waals surface area contributed by atoms with Crippen molar-refractivity contribution in [3.05, 3.63) is 0 Å². The van der Waals surface area contributed by atoms with Gasteiger partial charge in [-0.2, -0.15) is 0 Å². The van der Waals surface area contributed by atoms with Crippen LogP contribution in [0.2, 0.25) is 0 Å². The maximum atomic E-state index is 3.57. The van der Waals surface area contributed by atoms with Crippen molar-refractivity contribution in [2.75, 3.05) is 5.33 Å². The summed E-state index contributed by atoms with van der Waals surface area (Å²) in [7, 11) is 0. The fourth-order valence-electron chi connectivity index (χ4n) is 1.95. The van der Waals surface area contributed by atoms with Gasteiger partial charge in [-0.25, -0.2) is 0 Å². The standard InChI is InChI=1S/C13H27Br/c1-3-5-7-9-13(11-12-14)10-8-6-4-2/h13H,3-12H2,1-2H3. The molecule has 0 aliphatic rings. The molecule has 0 aromatic heterocycles. The molecule has 0 N–H and O–H groups in total. The summed E-state index contributed by atoms with van der Waals surface area (Å²) in [5.41, 5.74) is 0. The van der Waals surface area contributed by atoms with E-state index in [1.54, 1.807) is 0 Å². The third kappa shape index (κ3) is 9.05. The molecule has 0 aliphatic heterocycles. The second-order valence-electron chi connectivity index (χ2n) is 4.34. The van der Waals surface area contributed by atoms with Gasteiger partial charge in [0.15, 0.2) is 0 Å². The van der Waals surface area contributed by atoms with Crippen molar-refractivity contribution in [3.8, 4) is 0 Å². The van der Waals surface area contributed by atoms with E-state index >= 15 is 0 Å². The lowest BCUT2D eigenvalue weighted by Gasteiger charge is -2.15. The first kappa shape index (κ1) is 14.5. The molecule has 0 heterocycles. The van der Waals surface area contributed by atoms with Gasteiger partial charge in [0.1, 0.15) is 0 Å². The van der Waals surface area contributed by atoms with E-state index in [2.05, 4.69) is 29.8 Å². The molecule has 0 atom stereocenters. The topological polar surface area (TPSA) is 0 Å². The quantitative estimate of drug-likeness (QED) is 0.358. The van der Waals surface area contributed by atoms with E-state index in [4.69, 9.17) is 0 Å². The normalized spacial score (nSPS) is 11.1. The van der Waals surface area contributed by atoms with Crippen LogP contribution in [-0.2, 0) is 0 Å². The number of hydrogen-bond acceptors (Lipinski definition) is 0. The zero-order valence-corrected chi connectivity index (χ0v) is 11.6. The van der Waals surface area contributed by atoms with Crippen LogP contribution in [0.15, 0.2) is 0 Å². The first-order valence-corrected chi connectivity index (χ1v) is 7.53. The molecule has 0 fully saturated rings. The number of halogens is 1. The second-order valence-corrected chi connectivity index (χ2v) is 5.13. The van der Waals surface area contributed by atoms with Crippen LogP contribution in [0.25, 0.3) is 0 Å². The molecule has 86 valence electrons. The molecule has 1 heteroatoms. The number of unbranched alkanes of at least 4 members (excludes halogenated alkanes) is 4. The van der Waals surface area contributed by atoms with E-state index in [1.807, 2.05) is 0 Å². The zero-order valence-electron chi connectivity index (χ0n) is 10.0. The summed E-state index contributed by atoms with van der Waals surface area (Å²) < 4.78 is 0. The molecule has 0 saturated heterocycles. The minimum atomic E-state index is 0.993. The van der Waals surface area contributed by atoms with E-state index < -0.39 is 0 Å². The Kier molecular flexibility index (Phi) is 12.0. The van der Waals surface area contributed by atoms with Crippen LogP contribution in [0.1, 0.15) is 71.6 Å². The molecule has 0 rings (SSSR count). The highest BCUT2D eigenvalue weighted by Crippen LogP contribution is 2.21. The van der Waals surface area contributed by atoms with E-state index in [0.29, 0.717) is 0 Å². The van der Waals surface area contributed by atoms with E-state index in [-0.39, 0.29) is 0 Å².